The molecule has 0 aromatic carbocycles. The first-order valence-electron chi connectivity index (χ1n) is 3.20. The van der Waals surface area contributed by atoms with Crippen LogP contribution in [0.2, 0.25) is 0 Å². The van der Waals surface area contributed by atoms with E-state index in [9.17, 15) is 20.2 Å². The average molecular weight is 196 g/mol. The minimum atomic E-state index is -1.36. The number of aliphatic hydroxyl groups excluding tert-OH is 1. The van der Waals surface area contributed by atoms with Gasteiger partial charge in [0.15, 0.2) is 6.10 Å². The van der Waals surface area contributed by atoms with Gasteiger partial charge in [0, 0.05) is 0 Å². The second-order valence-electron chi connectivity index (χ2n) is 2.08. The number of aliphatic hydroxyl groups is 1. The van der Waals surface area contributed by atoms with E-state index in [-0.39, 0.29) is 0 Å². The summed E-state index contributed by atoms with van der Waals surface area (Å²) in [4.78, 5) is 27.4. The molecular formula is C4H8N2O7. The van der Waals surface area contributed by atoms with Crippen LogP contribution in [0.25, 0.3) is 0 Å². The van der Waals surface area contributed by atoms with Gasteiger partial charge in [0.05, 0.1) is 6.61 Å². The summed E-state index contributed by atoms with van der Waals surface area (Å²) in [5.41, 5.74) is 0. The van der Waals surface area contributed by atoms with Gasteiger partial charge >= 0.3 is 0 Å². The summed E-state index contributed by atoms with van der Waals surface area (Å²) < 4.78 is 0. The van der Waals surface area contributed by atoms with Gasteiger partial charge in [-0.05, 0) is 6.92 Å². The van der Waals surface area contributed by atoms with Gasteiger partial charge in [-0.15, -0.1) is 20.2 Å². The summed E-state index contributed by atoms with van der Waals surface area (Å²) in [7, 11) is 0. The van der Waals surface area contributed by atoms with Crippen LogP contribution < -0.4 is 0 Å². The van der Waals surface area contributed by atoms with Gasteiger partial charge in [-0.2, -0.15) is 0 Å². The Bertz CT molecular complexity index is 195. The lowest BCUT2D eigenvalue weighted by molar-refractivity contribution is -0.798. The molecular weight excluding hydrogens is 188 g/mol. The fourth-order valence-corrected chi connectivity index (χ4v) is 0.582. The summed E-state index contributed by atoms with van der Waals surface area (Å²) in [6.45, 7) is 0.434. The van der Waals surface area contributed by atoms with E-state index in [0.717, 1.165) is 0 Å². The van der Waals surface area contributed by atoms with Gasteiger partial charge in [0.2, 0.25) is 0 Å². The maximum atomic E-state index is 9.81. The molecule has 0 unspecified atom stereocenters. The van der Waals surface area contributed by atoms with Crippen LogP contribution in [0.3, 0.4) is 0 Å². The molecule has 0 aromatic rings. The molecule has 0 fully saturated rings. The Morgan fingerprint density at radius 3 is 2.08 bits per heavy atom. The minimum absolute atomic E-state index is 0.740. The molecule has 76 valence electrons. The van der Waals surface area contributed by atoms with Crippen LogP contribution in [0.1, 0.15) is 6.92 Å². The number of hydrogen-bond acceptors (Lipinski definition) is 7. The highest BCUT2D eigenvalue weighted by atomic mass is 17.0. The van der Waals surface area contributed by atoms with Gasteiger partial charge in [-0.25, -0.2) is 0 Å². The van der Waals surface area contributed by atoms with E-state index in [4.69, 9.17) is 5.11 Å². The molecule has 0 saturated carbocycles. The second-order valence-corrected chi connectivity index (χ2v) is 2.08. The van der Waals surface area contributed by atoms with Crippen molar-refractivity contribution in [3.05, 3.63) is 20.2 Å². The molecule has 0 spiro atoms. The summed E-state index contributed by atoms with van der Waals surface area (Å²) in [6, 6.07) is 0. The average Bonchev–Trinajstić information content (AvgIpc) is 1.98. The third kappa shape index (κ3) is 4.74. The molecule has 0 radical (unpaired) electrons. The van der Waals surface area contributed by atoms with E-state index >= 15 is 0 Å². The highest BCUT2D eigenvalue weighted by molar-refractivity contribution is 4.60. The second kappa shape index (κ2) is 5.09. The van der Waals surface area contributed by atoms with Crippen molar-refractivity contribution in [1.82, 2.24) is 0 Å². The molecule has 0 amide bonds. The summed E-state index contributed by atoms with van der Waals surface area (Å²) >= 11 is 0. The standard InChI is InChI=1S/C4H8N2O7/c1-3(12-5(8)9)4(2-7)13-6(10)11/h3-4,7H,2H2,1H3/t3-,4-/m0/s1. The lowest BCUT2D eigenvalue weighted by atomic mass is 10.2. The van der Waals surface area contributed by atoms with Crippen LogP contribution in [0.5, 0.6) is 0 Å². The van der Waals surface area contributed by atoms with Crippen molar-refractivity contribution in [1.29, 1.82) is 0 Å². The summed E-state index contributed by atoms with van der Waals surface area (Å²) in [5.74, 6) is 0. The lowest BCUT2D eigenvalue weighted by Crippen LogP contribution is -2.35. The van der Waals surface area contributed by atoms with E-state index < -0.39 is 29.0 Å². The van der Waals surface area contributed by atoms with E-state index in [1.807, 2.05) is 0 Å². The number of hydrogen-bond donors (Lipinski definition) is 1. The Morgan fingerprint density at radius 1 is 1.31 bits per heavy atom. The largest absolute Gasteiger partial charge is 0.394 e. The molecule has 0 aliphatic carbocycles. The third-order valence-electron chi connectivity index (χ3n) is 1.18. The Morgan fingerprint density at radius 2 is 1.77 bits per heavy atom. The SMILES string of the molecule is C[C@H](O[N+](=O)[O-])[C@H](CO)O[N+](=O)[O-]. The van der Waals surface area contributed by atoms with E-state index in [1.54, 1.807) is 0 Å². The molecule has 2 atom stereocenters. The zero-order valence-corrected chi connectivity index (χ0v) is 6.65. The van der Waals surface area contributed by atoms with Crippen LogP contribution in [0, 0.1) is 20.2 Å². The Hall–Kier alpha value is -1.64. The summed E-state index contributed by atoms with van der Waals surface area (Å²) in [6.07, 6.45) is -2.56. The van der Waals surface area contributed by atoms with Gasteiger partial charge in [0.1, 0.15) is 6.10 Å². The zero-order valence-electron chi connectivity index (χ0n) is 6.65. The van der Waals surface area contributed by atoms with Crippen molar-refractivity contribution in [3.8, 4) is 0 Å². The van der Waals surface area contributed by atoms with Gasteiger partial charge < -0.3 is 14.8 Å². The predicted molar refractivity (Wildman–Crippen MR) is 36.5 cm³/mol. The van der Waals surface area contributed by atoms with Crippen LogP contribution in [-0.4, -0.2) is 34.1 Å². The zero-order chi connectivity index (χ0) is 10.4. The van der Waals surface area contributed by atoms with Crippen molar-refractivity contribution in [2.24, 2.45) is 0 Å². The van der Waals surface area contributed by atoms with Crippen LogP contribution in [0.15, 0.2) is 0 Å². The maximum Gasteiger partial charge on any atom is 0.294 e. The third-order valence-corrected chi connectivity index (χ3v) is 1.18. The normalized spacial score (nSPS) is 14.3. The molecule has 0 rings (SSSR count). The smallest absolute Gasteiger partial charge is 0.294 e. The van der Waals surface area contributed by atoms with Crippen molar-refractivity contribution < 1.29 is 25.0 Å². The monoisotopic (exact) mass is 196 g/mol. The maximum absolute atomic E-state index is 9.81. The first-order chi connectivity index (χ1) is 5.97. The molecule has 0 aliphatic heterocycles. The van der Waals surface area contributed by atoms with Gasteiger partial charge in [-0.3, -0.25) is 0 Å². The highest BCUT2D eigenvalue weighted by Gasteiger charge is 2.23. The van der Waals surface area contributed by atoms with Crippen LogP contribution in [0.4, 0.5) is 0 Å². The molecule has 0 saturated heterocycles. The molecule has 9 nitrogen and oxygen atoms in total. The van der Waals surface area contributed by atoms with E-state index in [1.165, 1.54) is 6.92 Å². The summed E-state index contributed by atoms with van der Waals surface area (Å²) in [5, 5.41) is 25.9. The molecule has 0 aliphatic rings. The number of rotatable bonds is 6. The van der Waals surface area contributed by atoms with Crippen molar-refractivity contribution in [2.45, 2.75) is 19.1 Å². The van der Waals surface area contributed by atoms with Gasteiger partial charge in [-0.1, -0.05) is 0 Å². The number of nitrogens with zero attached hydrogens (tertiary/aromatic N) is 2. The molecule has 0 heterocycles. The Labute approximate surface area is 72.1 Å². The topological polar surface area (TPSA) is 125 Å². The van der Waals surface area contributed by atoms with E-state index in [2.05, 4.69) is 9.68 Å². The van der Waals surface area contributed by atoms with Crippen LogP contribution in [-0.2, 0) is 9.68 Å². The molecule has 0 aromatic heterocycles. The highest BCUT2D eigenvalue weighted by Crippen LogP contribution is 2.03. The molecule has 13 heavy (non-hydrogen) atoms. The van der Waals surface area contributed by atoms with Crippen molar-refractivity contribution in [2.75, 3.05) is 6.61 Å². The fourth-order valence-electron chi connectivity index (χ4n) is 0.582. The lowest BCUT2D eigenvalue weighted by Gasteiger charge is -2.17. The van der Waals surface area contributed by atoms with Crippen LogP contribution >= 0.6 is 0 Å². The minimum Gasteiger partial charge on any atom is -0.394 e. The van der Waals surface area contributed by atoms with Crippen molar-refractivity contribution >= 4 is 0 Å². The first kappa shape index (κ1) is 11.4. The van der Waals surface area contributed by atoms with Crippen molar-refractivity contribution in [3.63, 3.8) is 0 Å². The predicted octanol–water partition coefficient (Wildman–Crippen LogP) is -0.848. The molecule has 1 N–H and O–H groups in total. The Balaban J connectivity index is 4.06. The first-order valence-corrected chi connectivity index (χ1v) is 3.20. The van der Waals surface area contributed by atoms with E-state index in [0.29, 0.717) is 0 Å². The molecule has 0 bridgehead atoms. The Kier molecular flexibility index (Phi) is 4.44. The van der Waals surface area contributed by atoms with Gasteiger partial charge in [0.25, 0.3) is 10.2 Å². The molecule has 9 heteroatoms. The quantitative estimate of drug-likeness (QED) is 0.433. The fraction of sp³-hybridized carbons (Fsp3) is 1.00.